The van der Waals surface area contributed by atoms with Gasteiger partial charge in [-0.15, -0.1) is 12.4 Å². The molecular formula is C24H25ClN8O2. The number of anilines is 2. The van der Waals surface area contributed by atoms with Gasteiger partial charge < -0.3 is 21.1 Å². The Morgan fingerprint density at radius 1 is 1.20 bits per heavy atom. The molecule has 0 unspecified atom stereocenters. The van der Waals surface area contributed by atoms with E-state index in [0.29, 0.717) is 51.6 Å². The van der Waals surface area contributed by atoms with E-state index in [0.717, 1.165) is 24.9 Å². The molecule has 1 amide bonds. The van der Waals surface area contributed by atoms with E-state index in [2.05, 4.69) is 25.6 Å². The van der Waals surface area contributed by atoms with E-state index in [1.54, 1.807) is 37.6 Å². The van der Waals surface area contributed by atoms with Crippen molar-refractivity contribution in [3.8, 4) is 17.0 Å². The number of carbonyl (C=O) groups excluding carboxylic acids is 1. The third kappa shape index (κ3) is 3.94. The number of nitrogens with zero attached hydrogens (tertiary/aromatic N) is 5. The van der Waals surface area contributed by atoms with Crippen LogP contribution in [0.25, 0.3) is 22.3 Å². The van der Waals surface area contributed by atoms with Crippen LogP contribution in [0.5, 0.6) is 5.75 Å². The lowest BCUT2D eigenvalue weighted by Gasteiger charge is -2.23. The van der Waals surface area contributed by atoms with Gasteiger partial charge in [-0.3, -0.25) is 4.79 Å². The summed E-state index contributed by atoms with van der Waals surface area (Å²) in [7, 11) is 1.57. The van der Waals surface area contributed by atoms with E-state index in [4.69, 9.17) is 15.6 Å². The lowest BCUT2D eigenvalue weighted by molar-refractivity contribution is 0.102. The van der Waals surface area contributed by atoms with Crippen molar-refractivity contribution in [1.82, 2.24) is 30.0 Å². The fourth-order valence-corrected chi connectivity index (χ4v) is 5.16. The van der Waals surface area contributed by atoms with Crippen LogP contribution >= 0.6 is 12.4 Å². The van der Waals surface area contributed by atoms with Crippen molar-refractivity contribution in [3.63, 3.8) is 0 Å². The maximum atomic E-state index is 12.8. The number of rotatable bonds is 5. The smallest absolute Gasteiger partial charge is 0.256 e. The average Bonchev–Trinajstić information content (AvgIpc) is 3.59. The number of ether oxygens (including phenoxy) is 1. The highest BCUT2D eigenvalue weighted by atomic mass is 35.5. The molecule has 2 bridgehead atoms. The SMILES string of the molecule is COc1cc(C(=O)Nc2ccccn2)ccc1-c1nn([C@H]2C[C@@H]3CN[C@H]2C3)c2ncnc(N)c12.Cl. The maximum Gasteiger partial charge on any atom is 0.256 e. The molecule has 4 aromatic rings. The molecule has 2 aliphatic rings. The summed E-state index contributed by atoms with van der Waals surface area (Å²) in [6.07, 6.45) is 5.30. The predicted octanol–water partition coefficient (Wildman–Crippen LogP) is 3.08. The highest BCUT2D eigenvalue weighted by Crippen LogP contribution is 2.43. The van der Waals surface area contributed by atoms with E-state index >= 15 is 0 Å². The van der Waals surface area contributed by atoms with Crippen LogP contribution in [0.15, 0.2) is 48.9 Å². The Balaban J connectivity index is 0.00000253. The molecule has 1 saturated carbocycles. The quantitative estimate of drug-likeness (QED) is 0.387. The Hall–Kier alpha value is -3.76. The highest BCUT2D eigenvalue weighted by Gasteiger charge is 2.42. The van der Waals surface area contributed by atoms with Gasteiger partial charge in [-0.2, -0.15) is 5.10 Å². The van der Waals surface area contributed by atoms with Crippen LogP contribution in [-0.4, -0.2) is 50.3 Å². The molecule has 1 aliphatic carbocycles. The summed E-state index contributed by atoms with van der Waals surface area (Å²) >= 11 is 0. The number of carbonyl (C=O) groups is 1. The number of nitrogens with one attached hydrogen (secondary N) is 2. The van der Waals surface area contributed by atoms with Gasteiger partial charge >= 0.3 is 0 Å². The van der Waals surface area contributed by atoms with Gasteiger partial charge in [0, 0.05) is 23.4 Å². The van der Waals surface area contributed by atoms with Gasteiger partial charge in [0.05, 0.1) is 18.5 Å². The summed E-state index contributed by atoms with van der Waals surface area (Å²) in [5, 5.41) is 12.0. The van der Waals surface area contributed by atoms with Crippen LogP contribution in [0.4, 0.5) is 11.6 Å². The maximum absolute atomic E-state index is 12.8. The predicted molar refractivity (Wildman–Crippen MR) is 135 cm³/mol. The number of fused-ring (bicyclic) bond motifs is 3. The molecule has 11 heteroatoms. The molecule has 3 atom stereocenters. The molecule has 35 heavy (non-hydrogen) atoms. The molecule has 2 fully saturated rings. The van der Waals surface area contributed by atoms with Gasteiger partial charge in [-0.1, -0.05) is 6.07 Å². The first-order chi connectivity index (χ1) is 16.6. The second kappa shape index (κ2) is 9.12. The zero-order valence-corrected chi connectivity index (χ0v) is 19.8. The van der Waals surface area contributed by atoms with E-state index in [-0.39, 0.29) is 24.4 Å². The van der Waals surface area contributed by atoms with Gasteiger partial charge in [0.15, 0.2) is 5.65 Å². The minimum absolute atomic E-state index is 0. The topological polar surface area (TPSA) is 133 Å². The first-order valence-corrected chi connectivity index (χ1v) is 11.2. The number of benzene rings is 1. The van der Waals surface area contributed by atoms with E-state index in [9.17, 15) is 4.79 Å². The number of pyridine rings is 1. The van der Waals surface area contributed by atoms with Gasteiger partial charge in [0.1, 0.15) is 29.4 Å². The second-order valence-electron chi connectivity index (χ2n) is 8.75. The summed E-state index contributed by atoms with van der Waals surface area (Å²) in [6, 6.07) is 11.2. The standard InChI is InChI=1S/C24H24N8O2.ClH/c1-34-18-10-14(24(33)30-19-4-2-3-7-26-19)5-6-15(18)21-20-22(25)28-12-29-23(20)32(31-21)17-9-13-8-16(17)27-11-13;/h2-7,10,12-13,16-17,27H,8-9,11H2,1H3,(H2,25,28,29)(H,26,30,33);1H/t13-,16+,17+;/m1./s1. The Morgan fingerprint density at radius 2 is 2.09 bits per heavy atom. The summed E-state index contributed by atoms with van der Waals surface area (Å²) in [6.45, 7) is 1.06. The molecule has 4 N–H and O–H groups in total. The third-order valence-electron chi connectivity index (χ3n) is 6.75. The fraction of sp³-hybridized carbons (Fsp3) is 0.292. The zero-order chi connectivity index (χ0) is 23.2. The summed E-state index contributed by atoms with van der Waals surface area (Å²) in [5.41, 5.74) is 8.82. The van der Waals surface area contributed by atoms with Gasteiger partial charge in [-0.25, -0.2) is 19.6 Å². The lowest BCUT2D eigenvalue weighted by atomic mass is 10.0. The third-order valence-corrected chi connectivity index (χ3v) is 6.75. The number of nitrogens with two attached hydrogens (primary N) is 1. The number of aromatic nitrogens is 5. The van der Waals surface area contributed by atoms with Crippen LogP contribution in [0.2, 0.25) is 0 Å². The first-order valence-electron chi connectivity index (χ1n) is 11.2. The van der Waals surface area contributed by atoms with Crippen LogP contribution in [0.1, 0.15) is 29.2 Å². The van der Waals surface area contributed by atoms with Crippen molar-refractivity contribution in [1.29, 1.82) is 0 Å². The molecule has 6 rings (SSSR count). The van der Waals surface area contributed by atoms with Crippen molar-refractivity contribution in [2.75, 3.05) is 24.7 Å². The van der Waals surface area contributed by atoms with Crippen molar-refractivity contribution in [3.05, 3.63) is 54.5 Å². The van der Waals surface area contributed by atoms with Gasteiger partial charge in [0.25, 0.3) is 5.91 Å². The molecule has 10 nitrogen and oxygen atoms in total. The van der Waals surface area contributed by atoms with Crippen molar-refractivity contribution in [2.24, 2.45) is 5.92 Å². The second-order valence-corrected chi connectivity index (χ2v) is 8.75. The van der Waals surface area contributed by atoms with Gasteiger partial charge in [-0.05, 0) is 55.6 Å². The minimum Gasteiger partial charge on any atom is -0.496 e. The minimum atomic E-state index is -0.283. The Bertz CT molecular complexity index is 1390. The number of hydrogen-bond acceptors (Lipinski definition) is 8. The zero-order valence-electron chi connectivity index (χ0n) is 19.0. The Morgan fingerprint density at radius 3 is 2.80 bits per heavy atom. The van der Waals surface area contributed by atoms with Gasteiger partial charge in [0.2, 0.25) is 0 Å². The Labute approximate surface area is 207 Å². The first kappa shape index (κ1) is 23.0. The number of piperidine rings is 1. The number of nitrogen functional groups attached to an aromatic ring is 1. The molecule has 1 aromatic carbocycles. The molecule has 1 aliphatic heterocycles. The molecule has 4 heterocycles. The molecule has 0 spiro atoms. The van der Waals surface area contributed by atoms with Crippen LogP contribution < -0.4 is 21.1 Å². The molecular weight excluding hydrogens is 468 g/mol. The largest absolute Gasteiger partial charge is 0.496 e. The van der Waals surface area contributed by atoms with Crippen LogP contribution in [0, 0.1) is 5.92 Å². The molecule has 3 aromatic heterocycles. The van der Waals surface area contributed by atoms with E-state index in [1.807, 2.05) is 16.8 Å². The van der Waals surface area contributed by atoms with Crippen molar-refractivity contribution >= 4 is 41.0 Å². The summed E-state index contributed by atoms with van der Waals surface area (Å²) in [4.78, 5) is 25.7. The Kier molecular flexibility index (Phi) is 6.00. The van der Waals surface area contributed by atoms with Crippen LogP contribution in [-0.2, 0) is 0 Å². The molecule has 180 valence electrons. The fourth-order valence-electron chi connectivity index (χ4n) is 5.16. The highest BCUT2D eigenvalue weighted by molar-refractivity contribution is 6.05. The molecule has 0 radical (unpaired) electrons. The summed E-state index contributed by atoms with van der Waals surface area (Å²) in [5.74, 6) is 1.72. The van der Waals surface area contributed by atoms with Crippen molar-refractivity contribution in [2.45, 2.75) is 24.9 Å². The lowest BCUT2D eigenvalue weighted by Crippen LogP contribution is -2.35. The monoisotopic (exact) mass is 492 g/mol. The van der Waals surface area contributed by atoms with E-state index < -0.39 is 0 Å². The number of amides is 1. The number of hydrogen-bond donors (Lipinski definition) is 3. The van der Waals surface area contributed by atoms with Crippen molar-refractivity contribution < 1.29 is 9.53 Å². The number of halogens is 1. The molecule has 1 saturated heterocycles. The average molecular weight is 493 g/mol. The normalized spacial score (nSPS) is 20.5. The van der Waals surface area contributed by atoms with E-state index in [1.165, 1.54) is 6.33 Å². The summed E-state index contributed by atoms with van der Waals surface area (Å²) < 4.78 is 7.66. The number of methoxy groups -OCH3 is 1. The van der Waals surface area contributed by atoms with Crippen LogP contribution in [0.3, 0.4) is 0 Å².